The fraction of sp³-hybridized carbons (Fsp3) is 0.214. The number of nitrogens with one attached hydrogen (secondary N) is 1. The van der Waals surface area contributed by atoms with Crippen molar-refractivity contribution < 1.29 is 17.6 Å². The van der Waals surface area contributed by atoms with E-state index in [1.165, 1.54) is 6.07 Å². The van der Waals surface area contributed by atoms with Gasteiger partial charge in [-0.1, -0.05) is 6.07 Å². The number of pyridine rings is 1. The van der Waals surface area contributed by atoms with Crippen LogP contribution in [0.5, 0.6) is 0 Å². The van der Waals surface area contributed by atoms with Crippen LogP contribution >= 0.6 is 0 Å². The first-order valence-corrected chi connectivity index (χ1v) is 5.89. The lowest BCUT2D eigenvalue weighted by Gasteiger charge is -2.12. The predicted molar refractivity (Wildman–Crippen MR) is 67.7 cm³/mol. The van der Waals surface area contributed by atoms with Crippen molar-refractivity contribution in [2.75, 3.05) is 5.32 Å². The molecular formula is C14H12F4N2. The number of hydrogen-bond acceptors (Lipinski definition) is 2. The van der Waals surface area contributed by atoms with Crippen LogP contribution < -0.4 is 5.32 Å². The van der Waals surface area contributed by atoms with Crippen LogP contribution in [0.4, 0.5) is 23.2 Å². The third-order valence-electron chi connectivity index (χ3n) is 2.85. The molecule has 0 bridgehead atoms. The van der Waals surface area contributed by atoms with Crippen molar-refractivity contribution in [1.29, 1.82) is 0 Å². The van der Waals surface area contributed by atoms with Crippen molar-refractivity contribution >= 4 is 5.69 Å². The predicted octanol–water partition coefficient (Wildman–Crippen LogP) is 4.16. The van der Waals surface area contributed by atoms with Gasteiger partial charge in [0.1, 0.15) is 5.82 Å². The Morgan fingerprint density at radius 2 is 1.95 bits per heavy atom. The van der Waals surface area contributed by atoms with E-state index in [1.54, 1.807) is 12.3 Å². The van der Waals surface area contributed by atoms with Crippen LogP contribution in [0.25, 0.3) is 0 Å². The fourth-order valence-electron chi connectivity index (χ4n) is 1.74. The highest BCUT2D eigenvalue weighted by molar-refractivity contribution is 5.47. The number of hydrogen-bond donors (Lipinski definition) is 1. The minimum atomic E-state index is -4.71. The Labute approximate surface area is 113 Å². The molecule has 1 aromatic heterocycles. The van der Waals surface area contributed by atoms with E-state index < -0.39 is 17.6 Å². The normalized spacial score (nSPS) is 11.4. The van der Waals surface area contributed by atoms with Gasteiger partial charge >= 0.3 is 6.18 Å². The number of nitrogens with zero attached hydrogens (tertiary/aromatic N) is 1. The Morgan fingerprint density at radius 3 is 2.60 bits per heavy atom. The van der Waals surface area contributed by atoms with Gasteiger partial charge < -0.3 is 5.32 Å². The van der Waals surface area contributed by atoms with Crippen molar-refractivity contribution in [1.82, 2.24) is 4.98 Å². The lowest BCUT2D eigenvalue weighted by atomic mass is 10.1. The molecular weight excluding hydrogens is 272 g/mol. The van der Waals surface area contributed by atoms with Gasteiger partial charge in [0.2, 0.25) is 0 Å². The zero-order valence-electron chi connectivity index (χ0n) is 10.6. The smallest absolute Gasteiger partial charge is 0.379 e. The maximum Gasteiger partial charge on any atom is 0.419 e. The lowest BCUT2D eigenvalue weighted by Crippen LogP contribution is -2.10. The van der Waals surface area contributed by atoms with Crippen LogP contribution in [0.1, 0.15) is 16.8 Å². The minimum Gasteiger partial charge on any atom is -0.379 e. The van der Waals surface area contributed by atoms with Crippen LogP contribution in [-0.2, 0) is 12.7 Å². The first kappa shape index (κ1) is 14.3. The highest BCUT2D eigenvalue weighted by Crippen LogP contribution is 2.33. The van der Waals surface area contributed by atoms with E-state index in [2.05, 4.69) is 10.3 Å². The van der Waals surface area contributed by atoms with E-state index in [4.69, 9.17) is 0 Å². The number of alkyl halides is 3. The second-order valence-electron chi connectivity index (χ2n) is 4.31. The molecule has 0 aliphatic carbocycles. The molecule has 0 fully saturated rings. The van der Waals surface area contributed by atoms with E-state index in [0.717, 1.165) is 23.4 Å². The summed E-state index contributed by atoms with van der Waals surface area (Å²) in [7, 11) is 0. The number of aromatic nitrogens is 1. The molecule has 2 rings (SSSR count). The minimum absolute atomic E-state index is 0.198. The van der Waals surface area contributed by atoms with Crippen molar-refractivity contribution in [3.05, 3.63) is 59.2 Å². The molecule has 20 heavy (non-hydrogen) atoms. The first-order valence-electron chi connectivity index (χ1n) is 5.89. The zero-order valence-corrected chi connectivity index (χ0v) is 10.6. The molecule has 1 aromatic carbocycles. The molecule has 0 aliphatic rings. The molecule has 0 saturated heterocycles. The van der Waals surface area contributed by atoms with Crippen LogP contribution in [0, 0.1) is 12.7 Å². The second kappa shape index (κ2) is 5.48. The van der Waals surface area contributed by atoms with Gasteiger partial charge in [-0.15, -0.1) is 0 Å². The van der Waals surface area contributed by atoms with Gasteiger partial charge in [0, 0.05) is 11.9 Å². The SMILES string of the molecule is Cc1cccnc1CNc1ccc(F)c(C(F)(F)F)c1. The molecule has 2 aromatic rings. The van der Waals surface area contributed by atoms with Crippen molar-refractivity contribution in [2.24, 2.45) is 0 Å². The summed E-state index contributed by atoms with van der Waals surface area (Å²) in [4.78, 5) is 4.12. The van der Waals surface area contributed by atoms with Crippen molar-refractivity contribution in [3.63, 3.8) is 0 Å². The van der Waals surface area contributed by atoms with Gasteiger partial charge in [0.25, 0.3) is 0 Å². The first-order chi connectivity index (χ1) is 9.38. The second-order valence-corrected chi connectivity index (χ2v) is 4.31. The summed E-state index contributed by atoms with van der Waals surface area (Å²) in [6.45, 7) is 2.13. The molecule has 0 saturated carbocycles. The molecule has 0 aliphatic heterocycles. The van der Waals surface area contributed by atoms with Gasteiger partial charge in [-0.05, 0) is 36.8 Å². The average Bonchev–Trinajstić information content (AvgIpc) is 2.38. The Bertz CT molecular complexity index is 608. The average molecular weight is 284 g/mol. The summed E-state index contributed by atoms with van der Waals surface area (Å²) in [5, 5.41) is 2.81. The molecule has 1 N–H and O–H groups in total. The molecule has 0 amide bonds. The number of rotatable bonds is 3. The Balaban J connectivity index is 2.17. The standard InChI is InChI=1S/C14H12F4N2/c1-9-3-2-6-19-13(9)8-20-10-4-5-12(15)11(7-10)14(16,17)18/h2-7,20H,8H2,1H3. The molecule has 0 spiro atoms. The van der Waals surface area contributed by atoms with Gasteiger partial charge in [0.05, 0.1) is 17.8 Å². The summed E-state index contributed by atoms with van der Waals surface area (Å²) in [5.41, 5.74) is 0.576. The molecule has 6 heteroatoms. The molecule has 0 unspecified atom stereocenters. The van der Waals surface area contributed by atoms with Crippen molar-refractivity contribution in [3.8, 4) is 0 Å². The van der Waals surface area contributed by atoms with E-state index in [0.29, 0.717) is 0 Å². The zero-order chi connectivity index (χ0) is 14.8. The maximum atomic E-state index is 13.1. The number of anilines is 1. The summed E-state index contributed by atoms with van der Waals surface area (Å²) < 4.78 is 50.9. The number of benzene rings is 1. The molecule has 0 radical (unpaired) electrons. The molecule has 0 atom stereocenters. The quantitative estimate of drug-likeness (QED) is 0.856. The monoisotopic (exact) mass is 284 g/mol. The number of aryl methyl sites for hydroxylation is 1. The van der Waals surface area contributed by atoms with Crippen molar-refractivity contribution in [2.45, 2.75) is 19.6 Å². The van der Waals surface area contributed by atoms with E-state index in [-0.39, 0.29) is 12.2 Å². The Kier molecular flexibility index (Phi) is 3.92. The lowest BCUT2D eigenvalue weighted by molar-refractivity contribution is -0.139. The highest BCUT2D eigenvalue weighted by Gasteiger charge is 2.34. The van der Waals surface area contributed by atoms with Crippen LogP contribution in [-0.4, -0.2) is 4.98 Å². The largest absolute Gasteiger partial charge is 0.419 e. The summed E-state index contributed by atoms with van der Waals surface area (Å²) in [5.74, 6) is -1.28. The van der Waals surface area contributed by atoms with Crippen LogP contribution in [0.15, 0.2) is 36.5 Å². The van der Waals surface area contributed by atoms with Gasteiger partial charge in [0.15, 0.2) is 0 Å². The van der Waals surface area contributed by atoms with Gasteiger partial charge in [-0.2, -0.15) is 13.2 Å². The Hall–Kier alpha value is -2.11. The topological polar surface area (TPSA) is 24.9 Å². The van der Waals surface area contributed by atoms with E-state index in [9.17, 15) is 17.6 Å². The van der Waals surface area contributed by atoms with Gasteiger partial charge in [-0.3, -0.25) is 4.98 Å². The fourth-order valence-corrected chi connectivity index (χ4v) is 1.74. The molecule has 2 nitrogen and oxygen atoms in total. The maximum absolute atomic E-state index is 13.1. The summed E-state index contributed by atoms with van der Waals surface area (Å²) >= 11 is 0. The third kappa shape index (κ3) is 3.26. The number of halogens is 4. The Morgan fingerprint density at radius 1 is 1.20 bits per heavy atom. The highest BCUT2D eigenvalue weighted by atomic mass is 19.4. The third-order valence-corrected chi connectivity index (χ3v) is 2.85. The molecule has 1 heterocycles. The van der Waals surface area contributed by atoms with E-state index in [1.807, 2.05) is 13.0 Å². The van der Waals surface area contributed by atoms with E-state index >= 15 is 0 Å². The van der Waals surface area contributed by atoms with Crippen LogP contribution in [0.3, 0.4) is 0 Å². The van der Waals surface area contributed by atoms with Crippen LogP contribution in [0.2, 0.25) is 0 Å². The van der Waals surface area contributed by atoms with Gasteiger partial charge in [-0.25, -0.2) is 4.39 Å². The summed E-state index contributed by atoms with van der Waals surface area (Å²) in [6, 6.07) is 6.46. The molecule has 106 valence electrons. The summed E-state index contributed by atoms with van der Waals surface area (Å²) in [6.07, 6.45) is -3.10.